The minimum absolute atomic E-state index is 0.316. The lowest BCUT2D eigenvalue weighted by atomic mass is 10.1. The molecular weight excluding hydrogens is 190 g/mol. The van der Waals surface area contributed by atoms with Gasteiger partial charge in [0.2, 0.25) is 5.91 Å². The Bertz CT molecular complexity index is 334. The fourth-order valence-electron chi connectivity index (χ4n) is 1.36. The number of hydrogen-bond acceptors (Lipinski definition) is 2. The monoisotopic (exact) mass is 207 g/mol. The number of aliphatic hydroxyl groups is 1. The molecule has 1 unspecified atom stereocenters. The largest absolute Gasteiger partial charge is 0.384 e. The lowest BCUT2D eigenvalue weighted by molar-refractivity contribution is -0.128. The summed E-state index contributed by atoms with van der Waals surface area (Å²) in [4.78, 5) is 11.1. The van der Waals surface area contributed by atoms with E-state index < -0.39 is 6.10 Å². The third-order valence-electron chi connectivity index (χ3n) is 2.33. The molecule has 3 heteroatoms. The van der Waals surface area contributed by atoms with Crippen molar-refractivity contribution in [2.45, 2.75) is 26.4 Å². The first-order chi connectivity index (χ1) is 7.11. The van der Waals surface area contributed by atoms with E-state index in [2.05, 4.69) is 5.32 Å². The molecule has 15 heavy (non-hydrogen) atoms. The van der Waals surface area contributed by atoms with Gasteiger partial charge >= 0.3 is 0 Å². The van der Waals surface area contributed by atoms with Crippen molar-refractivity contribution in [2.75, 3.05) is 6.54 Å². The summed E-state index contributed by atoms with van der Waals surface area (Å²) < 4.78 is 0. The molecule has 2 N–H and O–H groups in total. The Morgan fingerprint density at radius 3 is 2.73 bits per heavy atom. The number of carbonyl (C=O) groups excluding carboxylic acids is 1. The van der Waals surface area contributed by atoms with Crippen molar-refractivity contribution in [3.8, 4) is 0 Å². The van der Waals surface area contributed by atoms with Crippen LogP contribution in [0.2, 0.25) is 0 Å². The number of amides is 1. The van der Waals surface area contributed by atoms with Gasteiger partial charge in [0.05, 0.1) is 0 Å². The quantitative estimate of drug-likeness (QED) is 0.775. The van der Waals surface area contributed by atoms with Gasteiger partial charge in [0.25, 0.3) is 0 Å². The van der Waals surface area contributed by atoms with Gasteiger partial charge in [-0.05, 0) is 31.4 Å². The molecule has 1 amide bonds. The number of benzene rings is 1. The second kappa shape index (κ2) is 5.51. The minimum Gasteiger partial charge on any atom is -0.384 e. The first-order valence-electron chi connectivity index (χ1n) is 5.11. The smallest absolute Gasteiger partial charge is 0.248 e. The molecule has 0 fully saturated rings. The maximum Gasteiger partial charge on any atom is 0.248 e. The van der Waals surface area contributed by atoms with Crippen molar-refractivity contribution in [2.24, 2.45) is 0 Å². The molecule has 0 aliphatic carbocycles. The van der Waals surface area contributed by atoms with Crippen molar-refractivity contribution in [1.29, 1.82) is 0 Å². The Morgan fingerprint density at radius 1 is 1.47 bits per heavy atom. The number of aryl methyl sites for hydroxylation is 1. The molecule has 82 valence electrons. The van der Waals surface area contributed by atoms with E-state index in [1.165, 1.54) is 18.1 Å². The molecule has 0 bridgehead atoms. The van der Waals surface area contributed by atoms with E-state index in [0.717, 1.165) is 6.42 Å². The lowest BCUT2D eigenvalue weighted by Gasteiger charge is -2.08. The van der Waals surface area contributed by atoms with Gasteiger partial charge in [0, 0.05) is 6.54 Å². The predicted molar refractivity (Wildman–Crippen MR) is 59.6 cm³/mol. The average Bonchev–Trinajstić information content (AvgIpc) is 2.20. The summed E-state index contributed by atoms with van der Waals surface area (Å²) in [5, 5.41) is 11.6. The van der Waals surface area contributed by atoms with Crippen LogP contribution in [0.5, 0.6) is 0 Å². The molecular formula is C12H17NO2. The van der Waals surface area contributed by atoms with Crippen molar-refractivity contribution in [3.05, 3.63) is 35.4 Å². The molecule has 1 aromatic rings. The van der Waals surface area contributed by atoms with Gasteiger partial charge in [-0.1, -0.05) is 24.3 Å². The van der Waals surface area contributed by atoms with Crippen LogP contribution in [-0.4, -0.2) is 23.7 Å². The van der Waals surface area contributed by atoms with Crippen LogP contribution < -0.4 is 5.32 Å². The fourth-order valence-corrected chi connectivity index (χ4v) is 1.36. The molecule has 1 atom stereocenters. The normalized spacial score (nSPS) is 12.2. The summed E-state index contributed by atoms with van der Waals surface area (Å²) in [7, 11) is 0. The Balaban J connectivity index is 2.38. The summed E-state index contributed by atoms with van der Waals surface area (Å²) in [5.41, 5.74) is 2.45. The number of rotatable bonds is 4. The summed E-state index contributed by atoms with van der Waals surface area (Å²) in [6, 6.07) is 8.07. The Hall–Kier alpha value is -1.35. The summed E-state index contributed by atoms with van der Waals surface area (Å²) in [6.07, 6.45) is -0.132. The number of carbonyl (C=O) groups is 1. The van der Waals surface area contributed by atoms with Crippen LogP contribution in [0.15, 0.2) is 24.3 Å². The molecule has 1 rings (SSSR count). The van der Waals surface area contributed by atoms with Crippen LogP contribution in [0.25, 0.3) is 0 Å². The highest BCUT2D eigenvalue weighted by atomic mass is 16.3. The van der Waals surface area contributed by atoms with Gasteiger partial charge < -0.3 is 10.4 Å². The summed E-state index contributed by atoms with van der Waals surface area (Å²) in [5.74, 6) is -0.316. The van der Waals surface area contributed by atoms with Crippen molar-refractivity contribution >= 4 is 5.91 Å². The second-order valence-electron chi connectivity index (χ2n) is 3.64. The maximum atomic E-state index is 11.1. The van der Waals surface area contributed by atoms with Crippen LogP contribution in [0.4, 0.5) is 0 Å². The number of hydrogen-bond donors (Lipinski definition) is 2. The molecule has 1 aromatic carbocycles. The Labute approximate surface area is 90.1 Å². The van der Waals surface area contributed by atoms with E-state index in [0.29, 0.717) is 6.54 Å². The predicted octanol–water partition coefficient (Wildman–Crippen LogP) is 1.03. The van der Waals surface area contributed by atoms with Crippen molar-refractivity contribution in [3.63, 3.8) is 0 Å². The maximum absolute atomic E-state index is 11.1. The third-order valence-corrected chi connectivity index (χ3v) is 2.33. The van der Waals surface area contributed by atoms with E-state index in [-0.39, 0.29) is 5.91 Å². The summed E-state index contributed by atoms with van der Waals surface area (Å²) in [6.45, 7) is 4.07. The SMILES string of the molecule is Cc1ccccc1CCNC(=O)C(C)O. The molecule has 0 spiro atoms. The average molecular weight is 207 g/mol. The lowest BCUT2D eigenvalue weighted by Crippen LogP contribution is -2.33. The zero-order valence-electron chi connectivity index (χ0n) is 9.16. The number of nitrogens with one attached hydrogen (secondary N) is 1. The van der Waals surface area contributed by atoms with E-state index in [1.54, 1.807) is 0 Å². The Morgan fingerprint density at radius 2 is 2.13 bits per heavy atom. The topological polar surface area (TPSA) is 49.3 Å². The molecule has 0 aliphatic rings. The molecule has 0 saturated carbocycles. The zero-order chi connectivity index (χ0) is 11.3. The van der Waals surface area contributed by atoms with Gasteiger partial charge in [-0.25, -0.2) is 0 Å². The van der Waals surface area contributed by atoms with Gasteiger partial charge in [-0.2, -0.15) is 0 Å². The standard InChI is InChI=1S/C12H17NO2/c1-9-5-3-4-6-11(9)7-8-13-12(15)10(2)14/h3-6,10,14H,7-8H2,1-2H3,(H,13,15). The van der Waals surface area contributed by atoms with Crippen LogP contribution in [0.3, 0.4) is 0 Å². The van der Waals surface area contributed by atoms with Crippen molar-refractivity contribution < 1.29 is 9.90 Å². The van der Waals surface area contributed by atoms with E-state index in [4.69, 9.17) is 5.11 Å². The Kier molecular flexibility index (Phi) is 4.31. The minimum atomic E-state index is -0.929. The molecule has 3 nitrogen and oxygen atoms in total. The van der Waals surface area contributed by atoms with Gasteiger partial charge in [-0.3, -0.25) is 4.79 Å². The summed E-state index contributed by atoms with van der Waals surface area (Å²) >= 11 is 0. The second-order valence-corrected chi connectivity index (χ2v) is 3.64. The van der Waals surface area contributed by atoms with E-state index in [1.807, 2.05) is 31.2 Å². The molecule has 0 aromatic heterocycles. The molecule has 0 heterocycles. The van der Waals surface area contributed by atoms with E-state index >= 15 is 0 Å². The van der Waals surface area contributed by atoms with Gasteiger partial charge in [-0.15, -0.1) is 0 Å². The molecule has 0 radical (unpaired) electrons. The van der Waals surface area contributed by atoms with Crippen LogP contribution in [0.1, 0.15) is 18.1 Å². The molecule has 0 aliphatic heterocycles. The van der Waals surface area contributed by atoms with E-state index in [9.17, 15) is 4.79 Å². The highest BCUT2D eigenvalue weighted by molar-refractivity contribution is 5.79. The van der Waals surface area contributed by atoms with Crippen LogP contribution in [-0.2, 0) is 11.2 Å². The van der Waals surface area contributed by atoms with Gasteiger partial charge in [0.15, 0.2) is 0 Å². The highest BCUT2D eigenvalue weighted by Crippen LogP contribution is 2.06. The first-order valence-corrected chi connectivity index (χ1v) is 5.11. The van der Waals surface area contributed by atoms with Crippen LogP contribution in [0, 0.1) is 6.92 Å². The fraction of sp³-hybridized carbons (Fsp3) is 0.417. The molecule has 0 saturated heterocycles. The zero-order valence-corrected chi connectivity index (χ0v) is 9.16. The number of aliphatic hydroxyl groups excluding tert-OH is 1. The van der Waals surface area contributed by atoms with Gasteiger partial charge in [0.1, 0.15) is 6.10 Å². The van der Waals surface area contributed by atoms with Crippen LogP contribution >= 0.6 is 0 Å². The van der Waals surface area contributed by atoms with Crippen molar-refractivity contribution in [1.82, 2.24) is 5.32 Å². The third kappa shape index (κ3) is 3.72. The first kappa shape index (κ1) is 11.7. The highest BCUT2D eigenvalue weighted by Gasteiger charge is 2.07.